The average Bonchev–Trinajstić information content (AvgIpc) is 2.77. The Morgan fingerprint density at radius 2 is 1.86 bits per heavy atom. The molecule has 0 aliphatic rings. The highest BCUT2D eigenvalue weighted by Gasteiger charge is 2.13. The van der Waals surface area contributed by atoms with Crippen molar-refractivity contribution in [3.8, 4) is 17.0 Å². The number of hydrogen-bond donors (Lipinski definition) is 1. The minimum Gasteiger partial charge on any atom is -0.496 e. The molecule has 0 amide bonds. The van der Waals surface area contributed by atoms with E-state index in [1.54, 1.807) is 7.11 Å². The lowest BCUT2D eigenvalue weighted by molar-refractivity contribution is 0.412. The van der Waals surface area contributed by atoms with Crippen LogP contribution in [-0.2, 0) is 0 Å². The molecule has 3 aromatic rings. The summed E-state index contributed by atoms with van der Waals surface area (Å²) in [5.41, 5.74) is 13.0. The number of nitrogen functional groups attached to an aromatic ring is 1. The number of aromatic nitrogens is 2. The summed E-state index contributed by atoms with van der Waals surface area (Å²) >= 11 is 0. The number of rotatable bonds is 2. The Labute approximate surface area is 124 Å². The highest BCUT2D eigenvalue weighted by molar-refractivity contribution is 5.70. The van der Waals surface area contributed by atoms with Gasteiger partial charge in [-0.3, -0.25) is 0 Å². The quantitative estimate of drug-likeness (QED) is 0.782. The average molecular weight is 281 g/mol. The van der Waals surface area contributed by atoms with Crippen LogP contribution in [0.1, 0.15) is 16.8 Å². The van der Waals surface area contributed by atoms with Crippen molar-refractivity contribution in [2.24, 2.45) is 0 Å². The smallest absolute Gasteiger partial charge is 0.140 e. The van der Waals surface area contributed by atoms with E-state index in [0.717, 1.165) is 45.2 Å². The van der Waals surface area contributed by atoms with E-state index in [-0.39, 0.29) is 0 Å². The summed E-state index contributed by atoms with van der Waals surface area (Å²) in [6.45, 7) is 6.13. The largest absolute Gasteiger partial charge is 0.496 e. The van der Waals surface area contributed by atoms with Crippen molar-refractivity contribution in [1.29, 1.82) is 0 Å². The van der Waals surface area contributed by atoms with E-state index < -0.39 is 0 Å². The van der Waals surface area contributed by atoms with E-state index in [9.17, 15) is 0 Å². The third-order valence-corrected chi connectivity index (χ3v) is 3.83. The lowest BCUT2D eigenvalue weighted by atomic mass is 10.1. The number of methoxy groups -OCH3 is 1. The van der Waals surface area contributed by atoms with Crippen LogP contribution in [0, 0.1) is 20.8 Å². The van der Waals surface area contributed by atoms with Crippen molar-refractivity contribution in [2.75, 3.05) is 12.8 Å². The summed E-state index contributed by atoms with van der Waals surface area (Å²) in [5.74, 6) is 0.889. The maximum absolute atomic E-state index is 5.94. The van der Waals surface area contributed by atoms with E-state index >= 15 is 0 Å². The van der Waals surface area contributed by atoms with Gasteiger partial charge in [-0.15, -0.1) is 0 Å². The Balaban J connectivity index is 2.23. The SMILES string of the molecule is COc1ccc(-c2nc3c(C)cc(N)cn3c2C)cc1C. The molecular formula is C17H19N3O. The molecule has 3 rings (SSSR count). The van der Waals surface area contributed by atoms with Crippen LogP contribution in [0.5, 0.6) is 5.75 Å². The molecule has 0 saturated carbocycles. The second-order valence-corrected chi connectivity index (χ2v) is 5.38. The first-order valence-corrected chi connectivity index (χ1v) is 6.91. The van der Waals surface area contributed by atoms with Crippen LogP contribution in [0.4, 0.5) is 5.69 Å². The molecule has 2 heterocycles. The fraction of sp³-hybridized carbons (Fsp3) is 0.235. The lowest BCUT2D eigenvalue weighted by Gasteiger charge is -2.06. The van der Waals surface area contributed by atoms with Crippen LogP contribution in [0.2, 0.25) is 0 Å². The highest BCUT2D eigenvalue weighted by Crippen LogP contribution is 2.29. The molecule has 0 spiro atoms. The van der Waals surface area contributed by atoms with Gasteiger partial charge in [-0.05, 0) is 56.2 Å². The molecule has 0 atom stereocenters. The summed E-state index contributed by atoms with van der Waals surface area (Å²) in [4.78, 5) is 4.79. The summed E-state index contributed by atoms with van der Waals surface area (Å²) in [5, 5.41) is 0. The second-order valence-electron chi connectivity index (χ2n) is 5.38. The van der Waals surface area contributed by atoms with Crippen LogP contribution in [0.25, 0.3) is 16.9 Å². The van der Waals surface area contributed by atoms with Crippen LogP contribution >= 0.6 is 0 Å². The third kappa shape index (κ3) is 2.13. The van der Waals surface area contributed by atoms with E-state index in [4.69, 9.17) is 15.5 Å². The van der Waals surface area contributed by atoms with Gasteiger partial charge >= 0.3 is 0 Å². The molecule has 0 fully saturated rings. The topological polar surface area (TPSA) is 52.5 Å². The van der Waals surface area contributed by atoms with Gasteiger partial charge in [0, 0.05) is 23.1 Å². The number of nitrogens with zero attached hydrogens (tertiary/aromatic N) is 2. The molecule has 0 aliphatic heterocycles. The molecule has 0 aliphatic carbocycles. The molecule has 0 radical (unpaired) electrons. The van der Waals surface area contributed by atoms with E-state index in [2.05, 4.69) is 17.4 Å². The first kappa shape index (κ1) is 13.5. The zero-order chi connectivity index (χ0) is 15.1. The molecule has 21 heavy (non-hydrogen) atoms. The predicted molar refractivity (Wildman–Crippen MR) is 85.8 cm³/mol. The number of imidazole rings is 1. The molecule has 2 aromatic heterocycles. The van der Waals surface area contributed by atoms with Crippen LogP contribution in [0.15, 0.2) is 30.5 Å². The molecule has 0 unspecified atom stereocenters. The van der Waals surface area contributed by atoms with Crippen molar-refractivity contribution < 1.29 is 4.74 Å². The van der Waals surface area contributed by atoms with Crippen LogP contribution in [0.3, 0.4) is 0 Å². The number of nitrogens with two attached hydrogens (primary N) is 1. The van der Waals surface area contributed by atoms with Gasteiger partial charge in [0.05, 0.1) is 12.8 Å². The van der Waals surface area contributed by atoms with Crippen molar-refractivity contribution in [3.05, 3.63) is 47.3 Å². The zero-order valence-corrected chi connectivity index (χ0v) is 12.8. The van der Waals surface area contributed by atoms with Crippen molar-refractivity contribution in [1.82, 2.24) is 9.38 Å². The second kappa shape index (κ2) is 4.81. The number of benzene rings is 1. The fourth-order valence-electron chi connectivity index (χ4n) is 2.75. The van der Waals surface area contributed by atoms with Crippen LogP contribution in [-0.4, -0.2) is 16.5 Å². The number of hydrogen-bond acceptors (Lipinski definition) is 3. The number of fused-ring (bicyclic) bond motifs is 1. The Kier molecular flexibility index (Phi) is 3.09. The lowest BCUT2D eigenvalue weighted by Crippen LogP contribution is -1.94. The van der Waals surface area contributed by atoms with Crippen molar-refractivity contribution in [3.63, 3.8) is 0 Å². The molecule has 2 N–H and O–H groups in total. The van der Waals surface area contributed by atoms with E-state index in [0.29, 0.717) is 0 Å². The summed E-state index contributed by atoms with van der Waals surface area (Å²) in [6, 6.07) is 8.08. The minimum atomic E-state index is 0.748. The maximum atomic E-state index is 5.94. The van der Waals surface area contributed by atoms with Crippen LogP contribution < -0.4 is 10.5 Å². The predicted octanol–water partition coefficient (Wildman–Crippen LogP) is 3.52. The van der Waals surface area contributed by atoms with E-state index in [1.807, 2.05) is 38.2 Å². The van der Waals surface area contributed by atoms with Gasteiger partial charge in [0.2, 0.25) is 0 Å². The molecule has 108 valence electrons. The van der Waals surface area contributed by atoms with Gasteiger partial charge in [-0.1, -0.05) is 0 Å². The summed E-state index contributed by atoms with van der Waals surface area (Å²) in [6.07, 6.45) is 1.92. The molecule has 0 saturated heterocycles. The van der Waals surface area contributed by atoms with Crippen molar-refractivity contribution >= 4 is 11.3 Å². The van der Waals surface area contributed by atoms with Crippen molar-refractivity contribution in [2.45, 2.75) is 20.8 Å². The zero-order valence-electron chi connectivity index (χ0n) is 12.8. The Morgan fingerprint density at radius 3 is 2.52 bits per heavy atom. The highest BCUT2D eigenvalue weighted by atomic mass is 16.5. The number of pyridine rings is 1. The fourth-order valence-corrected chi connectivity index (χ4v) is 2.75. The van der Waals surface area contributed by atoms with Gasteiger partial charge in [0.15, 0.2) is 0 Å². The molecular weight excluding hydrogens is 262 g/mol. The number of ether oxygens (including phenoxy) is 1. The monoisotopic (exact) mass is 281 g/mol. The van der Waals surface area contributed by atoms with Gasteiger partial charge < -0.3 is 14.9 Å². The summed E-state index contributed by atoms with van der Waals surface area (Å²) < 4.78 is 7.37. The molecule has 4 nitrogen and oxygen atoms in total. The van der Waals surface area contributed by atoms with Gasteiger partial charge in [0.1, 0.15) is 11.4 Å². The number of aryl methyl sites for hydroxylation is 3. The molecule has 1 aromatic carbocycles. The number of anilines is 1. The summed E-state index contributed by atoms with van der Waals surface area (Å²) in [7, 11) is 1.68. The third-order valence-electron chi connectivity index (χ3n) is 3.83. The Hall–Kier alpha value is -2.49. The standard InChI is InChI=1S/C17H19N3O/c1-10-7-13(5-6-15(10)21-4)16-12(3)20-9-14(18)8-11(2)17(20)19-16/h5-9H,18H2,1-4H3. The van der Waals surface area contributed by atoms with E-state index in [1.165, 1.54) is 0 Å². The Morgan fingerprint density at radius 1 is 1.10 bits per heavy atom. The van der Waals surface area contributed by atoms with Gasteiger partial charge in [0.25, 0.3) is 0 Å². The molecule has 0 bridgehead atoms. The first-order chi connectivity index (χ1) is 10.0. The normalized spacial score (nSPS) is 11.0. The van der Waals surface area contributed by atoms with Gasteiger partial charge in [-0.2, -0.15) is 0 Å². The maximum Gasteiger partial charge on any atom is 0.140 e. The minimum absolute atomic E-state index is 0.748. The molecule has 4 heteroatoms. The first-order valence-electron chi connectivity index (χ1n) is 6.91. The Bertz CT molecular complexity index is 834. The van der Waals surface area contributed by atoms with Gasteiger partial charge in [-0.25, -0.2) is 4.98 Å².